The molecule has 24 heavy (non-hydrogen) atoms. The molecule has 1 amide bonds. The van der Waals surface area contributed by atoms with Crippen molar-refractivity contribution in [2.24, 2.45) is 5.92 Å². The van der Waals surface area contributed by atoms with Crippen LogP contribution in [0.2, 0.25) is 0 Å². The predicted molar refractivity (Wildman–Crippen MR) is 95.1 cm³/mol. The maximum atomic E-state index is 13.1. The lowest BCUT2D eigenvalue weighted by Gasteiger charge is -2.39. The van der Waals surface area contributed by atoms with E-state index in [4.69, 9.17) is 0 Å². The number of fused-ring (bicyclic) bond motifs is 1. The number of piperidine rings is 1. The molecule has 0 N–H and O–H groups in total. The van der Waals surface area contributed by atoms with E-state index in [1.807, 2.05) is 17.4 Å². The van der Waals surface area contributed by atoms with Crippen molar-refractivity contribution in [3.05, 3.63) is 40.3 Å². The largest absolute Gasteiger partial charge is 0.340 e. The molecule has 0 radical (unpaired) electrons. The number of thiophene rings is 1. The molecule has 6 heteroatoms. The maximum absolute atomic E-state index is 13.1. The summed E-state index contributed by atoms with van der Waals surface area (Å²) in [6, 6.07) is 4.19. The highest BCUT2D eigenvalue weighted by Crippen LogP contribution is 2.34. The zero-order valence-electron chi connectivity index (χ0n) is 13.9. The van der Waals surface area contributed by atoms with Gasteiger partial charge in [-0.25, -0.2) is 9.97 Å². The van der Waals surface area contributed by atoms with Crippen LogP contribution in [-0.4, -0.2) is 40.4 Å². The normalized spacial score (nSPS) is 23.9. The molecule has 2 aromatic heterocycles. The van der Waals surface area contributed by atoms with Gasteiger partial charge in [-0.15, -0.1) is 11.3 Å². The van der Waals surface area contributed by atoms with Gasteiger partial charge in [-0.1, -0.05) is 0 Å². The summed E-state index contributed by atoms with van der Waals surface area (Å²) < 4.78 is 0. The van der Waals surface area contributed by atoms with Crippen molar-refractivity contribution >= 4 is 23.2 Å². The van der Waals surface area contributed by atoms with Crippen LogP contribution in [0.4, 0.5) is 5.95 Å². The maximum Gasteiger partial charge on any atom is 0.227 e. The number of carbonyl (C=O) groups is 1. The quantitative estimate of drug-likeness (QED) is 0.842. The third-order valence-electron chi connectivity index (χ3n) is 5.17. The van der Waals surface area contributed by atoms with Crippen LogP contribution in [0.1, 0.15) is 36.2 Å². The first-order valence-electron chi connectivity index (χ1n) is 8.63. The first-order valence-corrected chi connectivity index (χ1v) is 9.50. The molecule has 1 fully saturated rings. The average Bonchev–Trinajstić information content (AvgIpc) is 3.12. The highest BCUT2D eigenvalue weighted by molar-refractivity contribution is 7.10. The van der Waals surface area contributed by atoms with E-state index in [1.165, 1.54) is 10.4 Å². The lowest BCUT2D eigenvalue weighted by atomic mass is 9.93. The Morgan fingerprint density at radius 2 is 2.12 bits per heavy atom. The summed E-state index contributed by atoms with van der Waals surface area (Å²) in [6.45, 7) is 4.65. The predicted octanol–water partition coefficient (Wildman–Crippen LogP) is 2.90. The summed E-state index contributed by atoms with van der Waals surface area (Å²) in [5, 5.41) is 2.14. The first kappa shape index (κ1) is 15.6. The fourth-order valence-electron chi connectivity index (χ4n) is 3.86. The second-order valence-electron chi connectivity index (χ2n) is 6.59. The summed E-state index contributed by atoms with van der Waals surface area (Å²) in [5.74, 6) is 1.08. The van der Waals surface area contributed by atoms with Crippen LogP contribution in [0.15, 0.2) is 29.9 Å². The first-order chi connectivity index (χ1) is 11.7. The van der Waals surface area contributed by atoms with Crippen molar-refractivity contribution in [2.45, 2.75) is 32.2 Å². The van der Waals surface area contributed by atoms with Gasteiger partial charge in [0.15, 0.2) is 0 Å². The van der Waals surface area contributed by atoms with Gasteiger partial charge in [-0.3, -0.25) is 4.79 Å². The highest BCUT2D eigenvalue weighted by atomic mass is 32.1. The monoisotopic (exact) mass is 342 g/mol. The van der Waals surface area contributed by atoms with Crippen molar-refractivity contribution in [3.63, 3.8) is 0 Å². The minimum Gasteiger partial charge on any atom is -0.340 e. The number of carbonyl (C=O) groups excluding carboxylic acids is 1. The number of aromatic nitrogens is 2. The number of amides is 1. The second kappa shape index (κ2) is 6.51. The van der Waals surface area contributed by atoms with Crippen molar-refractivity contribution in [2.75, 3.05) is 24.5 Å². The number of hydrogen-bond acceptors (Lipinski definition) is 5. The van der Waals surface area contributed by atoms with Crippen LogP contribution in [-0.2, 0) is 11.2 Å². The van der Waals surface area contributed by atoms with Crippen LogP contribution >= 0.6 is 11.3 Å². The zero-order chi connectivity index (χ0) is 16.5. The van der Waals surface area contributed by atoms with Gasteiger partial charge in [0.05, 0.1) is 12.0 Å². The molecule has 0 unspecified atom stereocenters. The Morgan fingerprint density at radius 1 is 1.29 bits per heavy atom. The number of nitrogens with zero attached hydrogens (tertiary/aromatic N) is 4. The lowest BCUT2D eigenvalue weighted by Crippen LogP contribution is -2.47. The molecule has 2 atom stereocenters. The third kappa shape index (κ3) is 2.79. The highest BCUT2D eigenvalue weighted by Gasteiger charge is 2.35. The Labute approximate surface area is 146 Å². The molecule has 2 aliphatic heterocycles. The van der Waals surface area contributed by atoms with E-state index in [9.17, 15) is 4.79 Å². The van der Waals surface area contributed by atoms with E-state index < -0.39 is 0 Å². The van der Waals surface area contributed by atoms with E-state index in [2.05, 4.69) is 38.1 Å². The van der Waals surface area contributed by atoms with Crippen LogP contribution in [0, 0.1) is 5.92 Å². The van der Waals surface area contributed by atoms with Crippen molar-refractivity contribution in [3.8, 4) is 0 Å². The Hall–Kier alpha value is -1.95. The Morgan fingerprint density at radius 3 is 2.96 bits per heavy atom. The standard InChI is InChI=1S/C18H22N4OS/c1-13-15-6-11-24-16(15)5-10-22(13)17(23)14-4-2-9-21(12-14)18-19-7-3-8-20-18/h3,6-8,11,13-14H,2,4-5,9-10,12H2,1H3/t13-,14+/m0/s1. The van der Waals surface area contributed by atoms with E-state index >= 15 is 0 Å². The van der Waals surface area contributed by atoms with Crippen molar-refractivity contribution < 1.29 is 4.79 Å². The van der Waals surface area contributed by atoms with Gasteiger partial charge in [-0.05, 0) is 49.3 Å². The summed E-state index contributed by atoms with van der Waals surface area (Å²) >= 11 is 1.81. The van der Waals surface area contributed by atoms with Gasteiger partial charge in [-0.2, -0.15) is 0 Å². The van der Waals surface area contributed by atoms with E-state index in [-0.39, 0.29) is 12.0 Å². The minimum atomic E-state index is 0.0465. The van der Waals surface area contributed by atoms with Crippen LogP contribution in [0.25, 0.3) is 0 Å². The fourth-order valence-corrected chi connectivity index (χ4v) is 4.82. The van der Waals surface area contributed by atoms with Gasteiger partial charge >= 0.3 is 0 Å². The van der Waals surface area contributed by atoms with Gasteiger partial charge < -0.3 is 9.80 Å². The Bertz CT molecular complexity index is 717. The number of anilines is 1. The van der Waals surface area contributed by atoms with Gasteiger partial charge in [0.25, 0.3) is 0 Å². The van der Waals surface area contributed by atoms with Crippen LogP contribution in [0.5, 0.6) is 0 Å². The smallest absolute Gasteiger partial charge is 0.227 e. The average molecular weight is 342 g/mol. The summed E-state index contributed by atoms with van der Waals surface area (Å²) in [6.07, 6.45) is 6.49. The van der Waals surface area contributed by atoms with Crippen molar-refractivity contribution in [1.82, 2.24) is 14.9 Å². The molecular formula is C18H22N4OS. The number of hydrogen-bond donors (Lipinski definition) is 0. The molecule has 2 aliphatic rings. The molecule has 4 rings (SSSR count). The molecule has 0 bridgehead atoms. The minimum absolute atomic E-state index is 0.0465. The third-order valence-corrected chi connectivity index (χ3v) is 6.16. The molecule has 0 saturated carbocycles. The van der Waals surface area contributed by atoms with Gasteiger partial charge in [0.2, 0.25) is 11.9 Å². The van der Waals surface area contributed by atoms with E-state index in [0.29, 0.717) is 5.91 Å². The Balaban J connectivity index is 1.48. The van der Waals surface area contributed by atoms with Crippen LogP contribution in [0.3, 0.4) is 0 Å². The zero-order valence-corrected chi connectivity index (χ0v) is 14.7. The summed E-state index contributed by atoms with van der Waals surface area (Å²) in [7, 11) is 0. The van der Waals surface area contributed by atoms with E-state index in [0.717, 1.165) is 44.8 Å². The molecule has 5 nitrogen and oxygen atoms in total. The second-order valence-corrected chi connectivity index (χ2v) is 7.59. The summed E-state index contributed by atoms with van der Waals surface area (Å²) in [5.41, 5.74) is 1.33. The van der Waals surface area contributed by atoms with Crippen LogP contribution < -0.4 is 4.90 Å². The molecular weight excluding hydrogens is 320 g/mol. The Kier molecular flexibility index (Phi) is 4.22. The molecule has 126 valence electrons. The number of rotatable bonds is 2. The molecule has 2 aromatic rings. The fraction of sp³-hybridized carbons (Fsp3) is 0.500. The molecule has 4 heterocycles. The SMILES string of the molecule is C[C@H]1c2ccsc2CCN1C(=O)[C@@H]1CCCN(c2ncccn2)C1. The summed E-state index contributed by atoms with van der Waals surface area (Å²) in [4.78, 5) is 27.5. The van der Waals surface area contributed by atoms with Crippen molar-refractivity contribution in [1.29, 1.82) is 0 Å². The lowest BCUT2D eigenvalue weighted by molar-refractivity contribution is -0.138. The topological polar surface area (TPSA) is 49.3 Å². The molecule has 0 aliphatic carbocycles. The molecule has 1 saturated heterocycles. The molecule has 0 spiro atoms. The van der Waals surface area contributed by atoms with Gasteiger partial charge in [0.1, 0.15) is 0 Å². The van der Waals surface area contributed by atoms with Gasteiger partial charge in [0, 0.05) is 36.9 Å². The molecule has 0 aromatic carbocycles. The van der Waals surface area contributed by atoms with E-state index in [1.54, 1.807) is 12.4 Å².